The van der Waals surface area contributed by atoms with Crippen molar-refractivity contribution < 1.29 is 28.2 Å². The Morgan fingerprint density at radius 2 is 1.57 bits per heavy atom. The zero-order valence-corrected chi connectivity index (χ0v) is 20.6. The average Bonchev–Trinajstić information content (AvgIpc) is 2.61. The molecule has 6 nitrogen and oxygen atoms in total. The maximum absolute atomic E-state index is 12.2. The van der Waals surface area contributed by atoms with E-state index in [0.29, 0.717) is 11.5 Å². The molecule has 7 heteroatoms. The summed E-state index contributed by atoms with van der Waals surface area (Å²) < 4.78 is 24.1. The van der Waals surface area contributed by atoms with Crippen LogP contribution in [0, 0.1) is 11.8 Å². The Labute approximate surface area is 181 Å². The highest BCUT2D eigenvalue weighted by molar-refractivity contribution is 6.74. The molecule has 1 saturated heterocycles. The Morgan fingerprint density at radius 1 is 1.00 bits per heavy atom. The first-order valence-electron chi connectivity index (χ1n) is 10.5. The van der Waals surface area contributed by atoms with E-state index in [1.165, 1.54) is 13.8 Å². The van der Waals surface area contributed by atoms with Gasteiger partial charge in [-0.05, 0) is 37.2 Å². The third kappa shape index (κ3) is 5.43. The van der Waals surface area contributed by atoms with Gasteiger partial charge in [0.25, 0.3) is 8.32 Å². The number of esters is 1. The number of hydrogen-bond donors (Lipinski definition) is 0. The molecular weight excluding hydrogens is 400 g/mol. The van der Waals surface area contributed by atoms with Crippen LogP contribution in [-0.4, -0.2) is 38.6 Å². The van der Waals surface area contributed by atoms with Crippen molar-refractivity contribution in [3.05, 3.63) is 24.3 Å². The van der Waals surface area contributed by atoms with Gasteiger partial charge >= 0.3 is 5.97 Å². The lowest BCUT2D eigenvalue weighted by Gasteiger charge is -2.43. The van der Waals surface area contributed by atoms with E-state index in [4.69, 9.17) is 18.6 Å². The van der Waals surface area contributed by atoms with E-state index in [1.54, 1.807) is 0 Å². The lowest BCUT2D eigenvalue weighted by atomic mass is 9.83. The topological polar surface area (TPSA) is 71.1 Å². The normalized spacial score (nSPS) is 27.3. The molecule has 2 rings (SSSR count). The molecule has 1 fully saturated rings. The highest BCUT2D eigenvalue weighted by atomic mass is 28.4. The van der Waals surface area contributed by atoms with Crippen LogP contribution in [0.1, 0.15) is 48.5 Å². The second kappa shape index (κ2) is 9.10. The van der Waals surface area contributed by atoms with Crippen LogP contribution in [0.15, 0.2) is 24.3 Å². The fourth-order valence-electron chi connectivity index (χ4n) is 3.18. The number of carbonyl (C=O) groups excluding carboxylic acids is 2. The van der Waals surface area contributed by atoms with Gasteiger partial charge in [-0.3, -0.25) is 9.59 Å². The van der Waals surface area contributed by atoms with E-state index in [1.807, 2.05) is 38.1 Å². The van der Waals surface area contributed by atoms with Crippen LogP contribution in [0.3, 0.4) is 0 Å². The lowest BCUT2D eigenvalue weighted by molar-refractivity contribution is -0.234. The van der Waals surface area contributed by atoms with E-state index >= 15 is 0 Å². The van der Waals surface area contributed by atoms with Gasteiger partial charge in [0.15, 0.2) is 17.6 Å². The molecule has 0 bridgehead atoms. The molecule has 0 unspecified atom stereocenters. The Balaban J connectivity index is 2.28. The monoisotopic (exact) mass is 436 g/mol. The van der Waals surface area contributed by atoms with E-state index in [-0.39, 0.29) is 22.7 Å². The minimum absolute atomic E-state index is 0.0419. The average molecular weight is 437 g/mol. The van der Waals surface area contributed by atoms with Crippen LogP contribution >= 0.6 is 0 Å². The molecule has 0 aliphatic carbocycles. The molecular formula is C23H36O6Si. The third-order valence-corrected chi connectivity index (χ3v) is 10.7. The van der Waals surface area contributed by atoms with Gasteiger partial charge in [-0.15, -0.1) is 0 Å². The first-order chi connectivity index (χ1) is 13.7. The molecule has 0 saturated carbocycles. The molecule has 1 aliphatic heterocycles. The minimum Gasteiger partial charge on any atom is -0.541 e. The summed E-state index contributed by atoms with van der Waals surface area (Å²) >= 11 is 0. The predicted octanol–water partition coefficient (Wildman–Crippen LogP) is 4.97. The number of rotatable bonds is 6. The molecule has 1 heterocycles. The number of hydrogen-bond acceptors (Lipinski definition) is 6. The standard InChI is InChI=1S/C23H36O6Si/c1-14-15(2)22(28-21(16(3)24)20(14)26-17(4)25)27-18-12-10-11-13-19(18)29-30(8,9)23(5,6)7/h10-15,20-22H,1-9H3/t14-,15-,20+,21-,22-/m1/s1. The zero-order valence-electron chi connectivity index (χ0n) is 19.6. The van der Waals surface area contributed by atoms with E-state index in [0.717, 1.165) is 0 Å². The quantitative estimate of drug-likeness (QED) is 0.463. The summed E-state index contributed by atoms with van der Waals surface area (Å²) in [5, 5.41) is 0.0419. The van der Waals surface area contributed by atoms with Crippen molar-refractivity contribution in [1.29, 1.82) is 0 Å². The number of Topliss-reactive ketones (excluding diaryl/α,β-unsaturated/α-hetero) is 1. The summed E-state index contributed by atoms with van der Waals surface area (Å²) in [5.41, 5.74) is 0. The number of para-hydroxylation sites is 2. The molecule has 0 aromatic heterocycles. The molecule has 0 spiro atoms. The van der Waals surface area contributed by atoms with Crippen LogP contribution in [0.5, 0.6) is 11.5 Å². The Morgan fingerprint density at radius 3 is 2.07 bits per heavy atom. The highest BCUT2D eigenvalue weighted by Crippen LogP contribution is 2.41. The summed E-state index contributed by atoms with van der Waals surface area (Å²) in [6, 6.07) is 7.55. The molecule has 1 aliphatic rings. The smallest absolute Gasteiger partial charge is 0.303 e. The van der Waals surface area contributed by atoms with Crippen molar-refractivity contribution in [2.24, 2.45) is 11.8 Å². The van der Waals surface area contributed by atoms with E-state index in [9.17, 15) is 9.59 Å². The van der Waals surface area contributed by atoms with Crippen LogP contribution in [0.2, 0.25) is 18.1 Å². The first kappa shape index (κ1) is 24.4. The number of ether oxygens (including phenoxy) is 3. The van der Waals surface area contributed by atoms with E-state index in [2.05, 4.69) is 33.9 Å². The van der Waals surface area contributed by atoms with Gasteiger partial charge in [-0.2, -0.15) is 0 Å². The fourth-order valence-corrected chi connectivity index (χ4v) is 4.20. The Hall–Kier alpha value is -1.86. The molecule has 1 aromatic rings. The van der Waals surface area contributed by atoms with Crippen LogP contribution in [0.25, 0.3) is 0 Å². The largest absolute Gasteiger partial charge is 0.541 e. The van der Waals surface area contributed by atoms with E-state index < -0.39 is 32.8 Å². The predicted molar refractivity (Wildman–Crippen MR) is 118 cm³/mol. The van der Waals surface area contributed by atoms with Gasteiger partial charge in [0.05, 0.1) is 0 Å². The summed E-state index contributed by atoms with van der Waals surface area (Å²) in [6.07, 6.45) is -2.16. The Kier molecular flexibility index (Phi) is 7.40. The van der Waals surface area contributed by atoms with Gasteiger partial charge in [0.2, 0.25) is 6.29 Å². The third-order valence-electron chi connectivity index (χ3n) is 6.32. The summed E-state index contributed by atoms with van der Waals surface area (Å²) in [6.45, 7) is 17.6. The minimum atomic E-state index is -2.07. The molecule has 0 N–H and O–H groups in total. The van der Waals surface area contributed by atoms with Gasteiger partial charge in [-0.25, -0.2) is 0 Å². The summed E-state index contributed by atoms with van der Waals surface area (Å²) in [4.78, 5) is 23.7. The van der Waals surface area contributed by atoms with Crippen molar-refractivity contribution in [1.82, 2.24) is 0 Å². The molecule has 5 atom stereocenters. The van der Waals surface area contributed by atoms with Gasteiger partial charge in [0.1, 0.15) is 11.9 Å². The fraction of sp³-hybridized carbons (Fsp3) is 0.652. The maximum Gasteiger partial charge on any atom is 0.303 e. The molecule has 30 heavy (non-hydrogen) atoms. The van der Waals surface area contributed by atoms with Crippen molar-refractivity contribution in [3.8, 4) is 11.5 Å². The number of benzene rings is 1. The maximum atomic E-state index is 12.2. The van der Waals surface area contributed by atoms with Gasteiger partial charge in [0, 0.05) is 18.8 Å². The van der Waals surface area contributed by atoms with Crippen molar-refractivity contribution in [2.75, 3.05) is 0 Å². The lowest BCUT2D eigenvalue weighted by Crippen LogP contribution is -2.55. The second-order valence-corrected chi connectivity index (χ2v) is 14.5. The number of carbonyl (C=O) groups is 2. The molecule has 0 amide bonds. The van der Waals surface area contributed by atoms with Crippen LogP contribution < -0.4 is 9.16 Å². The zero-order chi connectivity index (χ0) is 22.9. The SMILES string of the molecule is CC(=O)O[C@H]1[C@H](C)[C@@H](C)[C@H](Oc2ccccc2O[Si](C)(C)C(C)(C)C)O[C@@H]1C(C)=O. The molecule has 168 valence electrons. The van der Waals surface area contributed by atoms with Crippen molar-refractivity contribution in [3.63, 3.8) is 0 Å². The van der Waals surface area contributed by atoms with Gasteiger partial charge in [-0.1, -0.05) is 46.8 Å². The molecule has 0 radical (unpaired) electrons. The summed E-state index contributed by atoms with van der Waals surface area (Å²) in [5.74, 6) is 0.412. The molecule has 1 aromatic carbocycles. The second-order valence-electron chi connectivity index (χ2n) is 9.75. The van der Waals surface area contributed by atoms with Crippen LogP contribution in [0.4, 0.5) is 0 Å². The highest BCUT2D eigenvalue weighted by Gasteiger charge is 2.47. The van der Waals surface area contributed by atoms with Crippen LogP contribution in [-0.2, 0) is 19.1 Å². The number of ketones is 1. The first-order valence-corrected chi connectivity index (χ1v) is 13.4. The summed E-state index contributed by atoms with van der Waals surface area (Å²) in [7, 11) is -2.07. The van der Waals surface area contributed by atoms with Crippen molar-refractivity contribution in [2.45, 2.75) is 85.1 Å². The van der Waals surface area contributed by atoms with Crippen molar-refractivity contribution >= 4 is 20.1 Å². The van der Waals surface area contributed by atoms with Gasteiger partial charge < -0.3 is 18.6 Å². The Bertz CT molecular complexity index is 769.